The Morgan fingerprint density at radius 3 is 2.32 bits per heavy atom. The van der Waals surface area contributed by atoms with Gasteiger partial charge >= 0.3 is 6.09 Å². The third kappa shape index (κ3) is 5.85. The van der Waals surface area contributed by atoms with Crippen LogP contribution in [0.1, 0.15) is 33.3 Å². The second-order valence-electron chi connectivity index (χ2n) is 5.65. The fourth-order valence-electron chi connectivity index (χ4n) is 1.92. The van der Waals surface area contributed by atoms with Crippen molar-refractivity contribution in [2.24, 2.45) is 5.92 Å². The van der Waals surface area contributed by atoms with E-state index in [9.17, 15) is 9.59 Å². The molecule has 22 heavy (non-hydrogen) atoms. The van der Waals surface area contributed by atoms with E-state index in [-0.39, 0.29) is 17.8 Å². The summed E-state index contributed by atoms with van der Waals surface area (Å²) in [6.07, 6.45) is -0.576. The molecular weight excluding hydrogens is 325 g/mol. The molecule has 1 aromatic rings. The summed E-state index contributed by atoms with van der Waals surface area (Å²) in [7, 11) is 0. The van der Waals surface area contributed by atoms with Crippen LogP contribution in [-0.4, -0.2) is 24.0 Å². The molecule has 0 saturated carbocycles. The number of carbonyl (C=O) groups excluding carboxylic acids is 2. The lowest BCUT2D eigenvalue weighted by Gasteiger charge is -2.21. The second-order valence-corrected chi connectivity index (χ2v) is 6.49. The number of ketones is 1. The molecular formula is C16H21Cl2NO3. The maximum Gasteiger partial charge on any atom is 0.407 e. The van der Waals surface area contributed by atoms with Crippen LogP contribution in [-0.2, 0) is 16.0 Å². The average Bonchev–Trinajstić information content (AvgIpc) is 2.38. The summed E-state index contributed by atoms with van der Waals surface area (Å²) in [6.45, 7) is 7.06. The summed E-state index contributed by atoms with van der Waals surface area (Å²) in [5, 5.41) is 3.60. The molecule has 1 rings (SSSR count). The monoisotopic (exact) mass is 345 g/mol. The molecule has 0 bridgehead atoms. The molecule has 122 valence electrons. The highest BCUT2D eigenvalue weighted by molar-refractivity contribution is 6.35. The van der Waals surface area contributed by atoms with E-state index >= 15 is 0 Å². The van der Waals surface area contributed by atoms with E-state index in [1.54, 1.807) is 45.9 Å². The van der Waals surface area contributed by atoms with E-state index < -0.39 is 12.1 Å². The summed E-state index contributed by atoms with van der Waals surface area (Å²) < 4.78 is 5.04. The second kappa shape index (κ2) is 8.39. The first kappa shape index (κ1) is 18.8. The predicted octanol–water partition coefficient (Wildman–Crippen LogP) is 4.26. The number of nitrogens with one attached hydrogen (secondary N) is 1. The zero-order valence-corrected chi connectivity index (χ0v) is 14.7. The van der Waals surface area contributed by atoms with Gasteiger partial charge in [0.2, 0.25) is 0 Å². The summed E-state index contributed by atoms with van der Waals surface area (Å²) >= 11 is 12.0. The molecule has 1 amide bonds. The van der Waals surface area contributed by atoms with E-state index in [1.807, 2.05) is 0 Å². The summed E-state index contributed by atoms with van der Waals surface area (Å²) in [5.41, 5.74) is 0.745. The molecule has 1 aromatic carbocycles. The molecule has 0 heterocycles. The minimum Gasteiger partial charge on any atom is -0.447 e. The molecule has 0 aromatic heterocycles. The first-order valence-electron chi connectivity index (χ1n) is 7.15. The Morgan fingerprint density at radius 2 is 1.82 bits per heavy atom. The van der Waals surface area contributed by atoms with Gasteiger partial charge in [-0.3, -0.25) is 4.79 Å². The van der Waals surface area contributed by atoms with Gasteiger partial charge in [0.1, 0.15) is 0 Å². The number of carbonyl (C=O) groups is 2. The average molecular weight is 346 g/mol. The van der Waals surface area contributed by atoms with Crippen LogP contribution in [0.15, 0.2) is 18.2 Å². The minimum atomic E-state index is -0.690. The number of amides is 1. The molecule has 0 aliphatic carbocycles. The molecule has 0 spiro atoms. The number of ether oxygens (including phenoxy) is 1. The van der Waals surface area contributed by atoms with Gasteiger partial charge in [-0.25, -0.2) is 4.79 Å². The van der Waals surface area contributed by atoms with Crippen molar-refractivity contribution < 1.29 is 14.3 Å². The fourth-order valence-corrected chi connectivity index (χ4v) is 2.41. The lowest BCUT2D eigenvalue weighted by atomic mass is 9.96. The zero-order valence-electron chi connectivity index (χ0n) is 13.2. The van der Waals surface area contributed by atoms with Crippen LogP contribution in [0, 0.1) is 5.92 Å². The van der Waals surface area contributed by atoms with Crippen LogP contribution in [0.5, 0.6) is 0 Å². The molecule has 6 heteroatoms. The molecule has 4 nitrogen and oxygen atoms in total. The van der Waals surface area contributed by atoms with E-state index in [1.165, 1.54) is 0 Å². The number of Topliss-reactive ketones (excluding diaryl/α,β-unsaturated/α-hetero) is 1. The molecule has 1 N–H and O–H groups in total. The van der Waals surface area contributed by atoms with Crippen LogP contribution in [0.2, 0.25) is 10.0 Å². The van der Waals surface area contributed by atoms with E-state index in [4.69, 9.17) is 27.9 Å². The quantitative estimate of drug-likeness (QED) is 0.837. The van der Waals surface area contributed by atoms with Gasteiger partial charge in [-0.2, -0.15) is 0 Å². The number of benzene rings is 1. The van der Waals surface area contributed by atoms with Gasteiger partial charge in [-0.05, 0) is 31.5 Å². The van der Waals surface area contributed by atoms with Crippen molar-refractivity contribution in [2.75, 3.05) is 0 Å². The van der Waals surface area contributed by atoms with E-state index in [0.717, 1.165) is 5.56 Å². The Bertz CT molecular complexity index is 544. The van der Waals surface area contributed by atoms with Gasteiger partial charge in [0, 0.05) is 22.4 Å². The van der Waals surface area contributed by atoms with Gasteiger partial charge in [0.05, 0.1) is 12.1 Å². The lowest BCUT2D eigenvalue weighted by Crippen LogP contribution is -2.45. The maximum absolute atomic E-state index is 12.3. The number of rotatable bonds is 6. The molecule has 0 aliphatic rings. The SMILES string of the molecule is CC(C)OC(=O)N[C@H](Cc1ccc(Cl)cc1Cl)C(=O)C(C)C. The van der Waals surface area contributed by atoms with Crippen LogP contribution in [0.4, 0.5) is 4.79 Å². The highest BCUT2D eigenvalue weighted by atomic mass is 35.5. The highest BCUT2D eigenvalue weighted by Crippen LogP contribution is 2.22. The first-order chi connectivity index (χ1) is 10.2. The molecule has 0 aliphatic heterocycles. The van der Waals surface area contributed by atoms with Crippen molar-refractivity contribution in [3.63, 3.8) is 0 Å². The smallest absolute Gasteiger partial charge is 0.407 e. The summed E-state index contributed by atoms with van der Waals surface area (Å²) in [5.74, 6) is -0.290. The number of hydrogen-bond donors (Lipinski definition) is 1. The van der Waals surface area contributed by atoms with Crippen LogP contribution < -0.4 is 5.32 Å². The van der Waals surface area contributed by atoms with Crippen molar-refractivity contribution >= 4 is 35.1 Å². The topological polar surface area (TPSA) is 55.4 Å². The van der Waals surface area contributed by atoms with E-state index in [2.05, 4.69) is 5.32 Å². The third-order valence-corrected chi connectivity index (χ3v) is 3.57. The van der Waals surface area contributed by atoms with Gasteiger partial charge in [0.25, 0.3) is 0 Å². The van der Waals surface area contributed by atoms with Gasteiger partial charge < -0.3 is 10.1 Å². The number of hydrogen-bond acceptors (Lipinski definition) is 3. The Balaban J connectivity index is 2.90. The maximum atomic E-state index is 12.3. The van der Waals surface area contributed by atoms with Crippen molar-refractivity contribution in [1.29, 1.82) is 0 Å². The van der Waals surface area contributed by atoms with Crippen LogP contribution in [0.3, 0.4) is 0 Å². The number of alkyl carbamates (subject to hydrolysis) is 1. The third-order valence-electron chi connectivity index (χ3n) is 2.99. The van der Waals surface area contributed by atoms with Crippen molar-refractivity contribution in [3.05, 3.63) is 33.8 Å². The normalized spacial score (nSPS) is 12.4. The largest absolute Gasteiger partial charge is 0.447 e. The molecule has 1 atom stereocenters. The predicted molar refractivity (Wildman–Crippen MR) is 88.6 cm³/mol. The number of halogens is 2. The highest BCUT2D eigenvalue weighted by Gasteiger charge is 2.25. The van der Waals surface area contributed by atoms with Crippen molar-refractivity contribution in [3.8, 4) is 0 Å². The van der Waals surface area contributed by atoms with Crippen LogP contribution >= 0.6 is 23.2 Å². The Hall–Kier alpha value is -1.26. The Labute approximate surface area is 141 Å². The Morgan fingerprint density at radius 1 is 1.18 bits per heavy atom. The lowest BCUT2D eigenvalue weighted by molar-refractivity contribution is -0.123. The summed E-state index contributed by atoms with van der Waals surface area (Å²) in [6, 6.07) is 4.37. The first-order valence-corrected chi connectivity index (χ1v) is 7.91. The fraction of sp³-hybridized carbons (Fsp3) is 0.500. The molecule has 0 radical (unpaired) electrons. The van der Waals surface area contributed by atoms with Crippen LogP contribution in [0.25, 0.3) is 0 Å². The summed E-state index contributed by atoms with van der Waals surface area (Å²) in [4.78, 5) is 24.1. The van der Waals surface area contributed by atoms with Crippen molar-refractivity contribution in [1.82, 2.24) is 5.32 Å². The van der Waals surface area contributed by atoms with Crippen molar-refractivity contribution in [2.45, 2.75) is 46.3 Å². The molecule has 0 saturated heterocycles. The molecule has 0 unspecified atom stereocenters. The van der Waals surface area contributed by atoms with Gasteiger partial charge in [0.15, 0.2) is 5.78 Å². The van der Waals surface area contributed by atoms with Gasteiger partial charge in [-0.1, -0.05) is 43.1 Å². The minimum absolute atomic E-state index is 0.0771. The standard InChI is InChI=1S/C16H21Cl2NO3/c1-9(2)15(20)14(19-16(21)22-10(3)4)7-11-5-6-12(17)8-13(11)18/h5-6,8-10,14H,7H2,1-4H3,(H,19,21)/t14-/m1/s1. The molecule has 0 fully saturated rings. The Kier molecular flexibility index (Phi) is 7.17. The van der Waals surface area contributed by atoms with Gasteiger partial charge in [-0.15, -0.1) is 0 Å². The zero-order chi connectivity index (χ0) is 16.9. The van der Waals surface area contributed by atoms with E-state index in [0.29, 0.717) is 16.5 Å².